The molecule has 0 saturated carbocycles. The number of ether oxygens (including phenoxy) is 1. The lowest BCUT2D eigenvalue weighted by atomic mass is 9.79. The third-order valence-electron chi connectivity index (χ3n) is 7.39. The van der Waals surface area contributed by atoms with Gasteiger partial charge >= 0.3 is 0 Å². The number of furan rings is 1. The van der Waals surface area contributed by atoms with Crippen LogP contribution < -0.4 is 9.64 Å². The molecule has 1 saturated heterocycles. The van der Waals surface area contributed by atoms with Crippen molar-refractivity contribution >= 4 is 40.3 Å². The molecule has 192 valence electrons. The molecule has 0 aliphatic carbocycles. The van der Waals surface area contributed by atoms with Crippen LogP contribution in [0.25, 0.3) is 6.08 Å². The van der Waals surface area contributed by atoms with Crippen LogP contribution in [0.4, 0.5) is 11.4 Å². The molecule has 5 rings (SSSR count). The van der Waals surface area contributed by atoms with Gasteiger partial charge in [0.2, 0.25) is 0 Å². The van der Waals surface area contributed by atoms with Crippen LogP contribution in [-0.4, -0.2) is 35.7 Å². The van der Waals surface area contributed by atoms with Crippen LogP contribution in [0, 0.1) is 6.92 Å². The first-order chi connectivity index (χ1) is 17.7. The second-order valence-corrected chi connectivity index (χ2v) is 11.4. The number of amides is 1. The van der Waals surface area contributed by atoms with Crippen molar-refractivity contribution in [2.45, 2.75) is 52.1 Å². The van der Waals surface area contributed by atoms with Crippen LogP contribution in [0.5, 0.6) is 5.75 Å². The van der Waals surface area contributed by atoms with E-state index in [1.54, 1.807) is 18.3 Å². The largest absolute Gasteiger partial charge is 0.497 e. The summed E-state index contributed by atoms with van der Waals surface area (Å²) in [5.41, 5.74) is 5.68. The van der Waals surface area contributed by atoms with Crippen molar-refractivity contribution < 1.29 is 13.9 Å². The van der Waals surface area contributed by atoms with Crippen molar-refractivity contribution in [2.24, 2.45) is 4.99 Å². The Bertz CT molecular complexity index is 1370. The highest BCUT2D eigenvalue weighted by Gasteiger charge is 2.36. The van der Waals surface area contributed by atoms with E-state index in [1.807, 2.05) is 42.5 Å². The summed E-state index contributed by atoms with van der Waals surface area (Å²) in [7, 11) is 3.81. The van der Waals surface area contributed by atoms with Crippen LogP contribution in [-0.2, 0) is 11.3 Å². The van der Waals surface area contributed by atoms with E-state index in [1.165, 1.54) is 23.0 Å². The Balaban J connectivity index is 1.52. The van der Waals surface area contributed by atoms with Gasteiger partial charge in [0.1, 0.15) is 11.5 Å². The maximum Gasteiger partial charge on any atom is 0.267 e. The van der Waals surface area contributed by atoms with E-state index < -0.39 is 0 Å². The summed E-state index contributed by atoms with van der Waals surface area (Å²) >= 11 is 1.40. The number of methoxy groups -OCH3 is 1. The summed E-state index contributed by atoms with van der Waals surface area (Å²) in [6.07, 6.45) is 4.72. The zero-order valence-electron chi connectivity index (χ0n) is 22.2. The SMILES string of the molecule is COc1ccc(N=C2S/C(=C/c3cc4c(cc3C)N(C)C(C)(C)CC4C)C(=O)N2Cc2ccco2)cc1. The number of benzene rings is 2. The number of rotatable bonds is 5. The molecule has 1 aromatic heterocycles. The highest BCUT2D eigenvalue weighted by Crippen LogP contribution is 2.44. The number of carbonyl (C=O) groups excluding carboxylic acids is 1. The fourth-order valence-electron chi connectivity index (χ4n) is 5.09. The second-order valence-electron chi connectivity index (χ2n) is 10.4. The summed E-state index contributed by atoms with van der Waals surface area (Å²) in [6, 6.07) is 15.7. The Hall–Kier alpha value is -3.45. The molecule has 1 amide bonds. The minimum absolute atomic E-state index is 0.0721. The number of amidine groups is 1. The normalized spacial score (nSPS) is 21.1. The van der Waals surface area contributed by atoms with Crippen LogP contribution >= 0.6 is 11.8 Å². The molecule has 1 fully saturated rings. The molecular formula is C30H33N3O3S. The number of thioether (sulfide) groups is 1. The van der Waals surface area contributed by atoms with Crippen molar-refractivity contribution in [2.75, 3.05) is 19.1 Å². The standard InChI is InChI=1S/C30H33N3O3S/c1-19-14-26-25(20(2)17-30(3,4)32(26)5)15-21(19)16-27-28(34)33(18-24-8-7-13-36-24)29(37-27)31-22-9-11-23(35-6)12-10-22/h7-16,20H,17-18H2,1-6H3/b27-16+,31-29?. The zero-order valence-corrected chi connectivity index (χ0v) is 23.1. The molecule has 2 aromatic carbocycles. The highest BCUT2D eigenvalue weighted by molar-refractivity contribution is 8.18. The molecule has 3 heterocycles. The van der Waals surface area contributed by atoms with E-state index in [0.717, 1.165) is 29.0 Å². The van der Waals surface area contributed by atoms with Gasteiger partial charge in [-0.3, -0.25) is 9.69 Å². The lowest BCUT2D eigenvalue weighted by Gasteiger charge is -2.45. The van der Waals surface area contributed by atoms with Gasteiger partial charge in [0, 0.05) is 18.3 Å². The van der Waals surface area contributed by atoms with Gasteiger partial charge in [0.15, 0.2) is 5.17 Å². The van der Waals surface area contributed by atoms with E-state index in [2.05, 4.69) is 51.8 Å². The fraction of sp³-hybridized carbons (Fsp3) is 0.333. The number of anilines is 1. The van der Waals surface area contributed by atoms with Gasteiger partial charge < -0.3 is 14.1 Å². The molecule has 0 N–H and O–H groups in total. The minimum atomic E-state index is -0.0721. The summed E-state index contributed by atoms with van der Waals surface area (Å²) < 4.78 is 10.8. The highest BCUT2D eigenvalue weighted by atomic mass is 32.2. The summed E-state index contributed by atoms with van der Waals surface area (Å²) in [4.78, 5) is 23.2. The Kier molecular flexibility index (Phi) is 6.67. The number of hydrogen-bond donors (Lipinski definition) is 0. The molecule has 0 radical (unpaired) electrons. The summed E-state index contributed by atoms with van der Waals surface area (Å²) in [5, 5.41) is 0.628. The molecule has 7 heteroatoms. The zero-order chi connectivity index (χ0) is 26.3. The number of nitrogens with zero attached hydrogens (tertiary/aromatic N) is 3. The Labute approximate surface area is 223 Å². The van der Waals surface area contributed by atoms with Gasteiger partial charge in [0.25, 0.3) is 5.91 Å². The first kappa shape index (κ1) is 25.2. The van der Waals surface area contributed by atoms with Crippen molar-refractivity contribution in [3.8, 4) is 5.75 Å². The second kappa shape index (κ2) is 9.78. The van der Waals surface area contributed by atoms with Gasteiger partial charge in [-0.25, -0.2) is 4.99 Å². The maximum atomic E-state index is 13.6. The van der Waals surface area contributed by atoms with Crippen molar-refractivity contribution in [3.05, 3.63) is 82.1 Å². The third kappa shape index (κ3) is 4.92. The number of aryl methyl sites for hydroxylation is 1. The Morgan fingerprint density at radius 2 is 1.97 bits per heavy atom. The van der Waals surface area contributed by atoms with Crippen molar-refractivity contribution in [3.63, 3.8) is 0 Å². The lowest BCUT2D eigenvalue weighted by molar-refractivity contribution is -0.122. The van der Waals surface area contributed by atoms with Crippen LogP contribution in [0.3, 0.4) is 0 Å². The molecule has 0 bridgehead atoms. The molecule has 1 unspecified atom stereocenters. The monoisotopic (exact) mass is 515 g/mol. The molecule has 2 aliphatic rings. The minimum Gasteiger partial charge on any atom is -0.497 e. The average Bonchev–Trinajstić information content (AvgIpc) is 3.48. The van der Waals surface area contributed by atoms with Gasteiger partial charge in [0.05, 0.1) is 30.5 Å². The number of hydrogen-bond acceptors (Lipinski definition) is 6. The molecule has 37 heavy (non-hydrogen) atoms. The predicted octanol–water partition coefficient (Wildman–Crippen LogP) is 7.12. The van der Waals surface area contributed by atoms with E-state index >= 15 is 0 Å². The molecule has 2 aliphatic heterocycles. The molecule has 3 aromatic rings. The van der Waals surface area contributed by atoms with Crippen molar-refractivity contribution in [1.82, 2.24) is 4.90 Å². The van der Waals surface area contributed by atoms with E-state index in [-0.39, 0.29) is 11.4 Å². The summed E-state index contributed by atoms with van der Waals surface area (Å²) in [6.45, 7) is 9.32. The Morgan fingerprint density at radius 3 is 2.65 bits per heavy atom. The average molecular weight is 516 g/mol. The van der Waals surface area contributed by atoms with Gasteiger partial charge in [-0.1, -0.05) is 6.92 Å². The van der Waals surface area contributed by atoms with Crippen LogP contribution in [0.15, 0.2) is 69.1 Å². The van der Waals surface area contributed by atoms with Crippen LogP contribution in [0.1, 0.15) is 55.6 Å². The molecule has 0 spiro atoms. The number of carbonyl (C=O) groups is 1. The molecular weight excluding hydrogens is 482 g/mol. The van der Waals surface area contributed by atoms with Gasteiger partial charge in [-0.05, 0) is 116 Å². The van der Waals surface area contributed by atoms with E-state index in [9.17, 15) is 4.79 Å². The van der Waals surface area contributed by atoms with Crippen molar-refractivity contribution in [1.29, 1.82) is 0 Å². The van der Waals surface area contributed by atoms with Gasteiger partial charge in [-0.2, -0.15) is 0 Å². The fourth-order valence-corrected chi connectivity index (χ4v) is 6.08. The first-order valence-corrected chi connectivity index (χ1v) is 13.3. The van der Waals surface area contributed by atoms with Crippen LogP contribution in [0.2, 0.25) is 0 Å². The first-order valence-electron chi connectivity index (χ1n) is 12.5. The Morgan fingerprint density at radius 1 is 1.22 bits per heavy atom. The molecule has 1 atom stereocenters. The van der Waals surface area contributed by atoms with Gasteiger partial charge in [-0.15, -0.1) is 0 Å². The predicted molar refractivity (Wildman–Crippen MR) is 152 cm³/mol. The summed E-state index contributed by atoms with van der Waals surface area (Å²) in [5.74, 6) is 1.84. The number of aliphatic imine (C=N–C) groups is 1. The quantitative estimate of drug-likeness (QED) is 0.339. The van der Waals surface area contributed by atoms with E-state index in [4.69, 9.17) is 14.1 Å². The molecule has 6 nitrogen and oxygen atoms in total. The topological polar surface area (TPSA) is 58.3 Å². The van der Waals surface area contributed by atoms with E-state index in [0.29, 0.717) is 28.3 Å². The number of fused-ring (bicyclic) bond motifs is 1. The third-order valence-corrected chi connectivity index (χ3v) is 8.39. The lowest BCUT2D eigenvalue weighted by Crippen LogP contribution is -2.45. The smallest absolute Gasteiger partial charge is 0.267 e. The maximum absolute atomic E-state index is 13.6.